The number of hydrogen-bond acceptors (Lipinski definition) is 9. The highest BCUT2D eigenvalue weighted by Crippen LogP contribution is 2.59. The van der Waals surface area contributed by atoms with Crippen LogP contribution in [0.2, 0.25) is 0 Å². The zero-order valence-corrected chi connectivity index (χ0v) is 27.1. The molecule has 2 bridgehead atoms. The van der Waals surface area contributed by atoms with Crippen LogP contribution in [0.3, 0.4) is 0 Å². The van der Waals surface area contributed by atoms with E-state index in [1.165, 1.54) is 4.90 Å². The number of ether oxygens (including phenoxy) is 3. The smallest absolute Gasteiger partial charge is 0.313 e. The molecule has 4 fully saturated rings. The van der Waals surface area contributed by atoms with Gasteiger partial charge < -0.3 is 34.4 Å². The fourth-order valence-corrected chi connectivity index (χ4v) is 7.53. The van der Waals surface area contributed by atoms with Crippen molar-refractivity contribution in [2.75, 3.05) is 65.6 Å². The van der Waals surface area contributed by atoms with E-state index in [0.29, 0.717) is 57.7 Å². The van der Waals surface area contributed by atoms with Gasteiger partial charge in [-0.15, -0.1) is 13.2 Å². The number of amides is 3. The monoisotopic (exact) mass is 652 g/mol. The number of likely N-dealkylation sites (tertiary alicyclic amines) is 1. The van der Waals surface area contributed by atoms with Crippen LogP contribution in [0, 0.1) is 11.8 Å². The number of benzene rings is 1. The summed E-state index contributed by atoms with van der Waals surface area (Å²) < 4.78 is 18.1. The summed E-state index contributed by atoms with van der Waals surface area (Å²) in [4.78, 5) is 60.6. The van der Waals surface area contributed by atoms with E-state index in [-0.39, 0.29) is 50.3 Å². The average Bonchev–Trinajstić information content (AvgIpc) is 3.74. The van der Waals surface area contributed by atoms with E-state index in [0.717, 1.165) is 13.1 Å². The second kappa shape index (κ2) is 16.0. The van der Waals surface area contributed by atoms with Crippen molar-refractivity contribution in [3.05, 3.63) is 61.2 Å². The van der Waals surface area contributed by atoms with Crippen LogP contribution in [-0.2, 0) is 33.4 Å². The Hall–Kier alpha value is -3.58. The number of aliphatic hydroxyl groups is 1. The quantitative estimate of drug-likeness (QED) is 0.189. The number of aliphatic hydroxyl groups excluding tert-OH is 1. The molecule has 4 aliphatic heterocycles. The molecular formula is C35H48N4O8. The molecule has 5 rings (SSSR count). The summed E-state index contributed by atoms with van der Waals surface area (Å²) in [5.74, 6) is -3.16. The van der Waals surface area contributed by atoms with Crippen molar-refractivity contribution in [1.82, 2.24) is 20.0 Å². The second-order valence-corrected chi connectivity index (χ2v) is 12.7. The minimum Gasteiger partial charge on any atom is -0.455 e. The second-order valence-electron chi connectivity index (χ2n) is 12.7. The molecule has 4 aliphatic rings. The van der Waals surface area contributed by atoms with Gasteiger partial charge in [-0.05, 0) is 31.2 Å². The van der Waals surface area contributed by atoms with E-state index >= 15 is 0 Å². The SMILES string of the molecule is C=CCCC(=O)NC[C@H](OC(=O)[C@@H]1[C@H]2C(=O)N(CCCO)[C@H](C(=O)N(CC=C)CCN3CCOCC3)[C@]23CC[C@H]1O3)c1ccccc1. The third-order valence-corrected chi connectivity index (χ3v) is 9.80. The first-order chi connectivity index (χ1) is 22.8. The van der Waals surface area contributed by atoms with E-state index in [2.05, 4.69) is 23.4 Å². The Morgan fingerprint density at radius 2 is 1.91 bits per heavy atom. The topological polar surface area (TPSA) is 138 Å². The van der Waals surface area contributed by atoms with E-state index in [1.807, 2.05) is 30.3 Å². The van der Waals surface area contributed by atoms with Crippen LogP contribution in [0.4, 0.5) is 0 Å². The largest absolute Gasteiger partial charge is 0.455 e. The van der Waals surface area contributed by atoms with Crippen LogP contribution < -0.4 is 5.32 Å². The van der Waals surface area contributed by atoms with Gasteiger partial charge in [0.2, 0.25) is 17.7 Å². The van der Waals surface area contributed by atoms with Crippen LogP contribution in [0.15, 0.2) is 55.6 Å². The highest BCUT2D eigenvalue weighted by Gasteiger charge is 2.75. The molecule has 4 heterocycles. The van der Waals surface area contributed by atoms with Crippen molar-refractivity contribution in [1.29, 1.82) is 0 Å². The molecule has 3 amide bonds. The predicted octanol–water partition coefficient (Wildman–Crippen LogP) is 1.46. The summed E-state index contributed by atoms with van der Waals surface area (Å²) >= 11 is 0. The van der Waals surface area contributed by atoms with Crippen LogP contribution >= 0.6 is 0 Å². The Kier molecular flexibility index (Phi) is 11.8. The van der Waals surface area contributed by atoms with Crippen molar-refractivity contribution < 1.29 is 38.5 Å². The lowest BCUT2D eigenvalue weighted by Gasteiger charge is -2.37. The Balaban J connectivity index is 1.38. The van der Waals surface area contributed by atoms with E-state index in [9.17, 15) is 24.3 Å². The summed E-state index contributed by atoms with van der Waals surface area (Å²) in [6.07, 6.45) is 4.02. The highest BCUT2D eigenvalue weighted by molar-refractivity contribution is 5.98. The molecular weight excluding hydrogens is 604 g/mol. The van der Waals surface area contributed by atoms with Crippen LogP contribution in [-0.4, -0.2) is 127 Å². The number of carbonyl (C=O) groups excluding carboxylic acids is 4. The van der Waals surface area contributed by atoms with Crippen LogP contribution in [0.5, 0.6) is 0 Å². The van der Waals surface area contributed by atoms with Gasteiger partial charge in [-0.3, -0.25) is 24.1 Å². The van der Waals surface area contributed by atoms with Gasteiger partial charge in [-0.2, -0.15) is 0 Å². The molecule has 0 saturated carbocycles. The molecule has 12 heteroatoms. The van der Waals surface area contributed by atoms with E-state index in [4.69, 9.17) is 14.2 Å². The minimum atomic E-state index is -1.18. The lowest BCUT2D eigenvalue weighted by molar-refractivity contribution is -0.160. The summed E-state index contributed by atoms with van der Waals surface area (Å²) in [5.41, 5.74) is -0.475. The van der Waals surface area contributed by atoms with Crippen molar-refractivity contribution >= 4 is 23.7 Å². The zero-order chi connectivity index (χ0) is 33.4. The lowest BCUT2D eigenvalue weighted by Crippen LogP contribution is -2.57. The molecule has 6 atom stereocenters. The zero-order valence-electron chi connectivity index (χ0n) is 27.1. The van der Waals surface area contributed by atoms with Gasteiger partial charge >= 0.3 is 5.97 Å². The number of morpholine rings is 1. The Bertz CT molecular complexity index is 1290. The van der Waals surface area contributed by atoms with Crippen molar-refractivity contribution in [3.8, 4) is 0 Å². The molecule has 1 aromatic carbocycles. The number of allylic oxidation sites excluding steroid dienone is 1. The number of nitrogens with one attached hydrogen (secondary N) is 1. The third kappa shape index (κ3) is 7.45. The normalized spacial score (nSPS) is 27.3. The lowest BCUT2D eigenvalue weighted by atomic mass is 9.70. The van der Waals surface area contributed by atoms with Crippen LogP contribution in [0.1, 0.15) is 43.8 Å². The maximum atomic E-state index is 14.5. The van der Waals surface area contributed by atoms with E-state index in [1.54, 1.807) is 17.1 Å². The van der Waals surface area contributed by atoms with Gasteiger partial charge in [0.05, 0.1) is 37.7 Å². The minimum absolute atomic E-state index is 0.0666. The average molecular weight is 653 g/mol. The van der Waals surface area contributed by atoms with Gasteiger partial charge in [-0.25, -0.2) is 0 Å². The number of nitrogens with zero attached hydrogens (tertiary/aromatic N) is 3. The Labute approximate surface area is 276 Å². The first-order valence-electron chi connectivity index (χ1n) is 16.8. The summed E-state index contributed by atoms with van der Waals surface area (Å²) in [5, 5.41) is 12.5. The molecule has 0 radical (unpaired) electrons. The van der Waals surface area contributed by atoms with Gasteiger partial charge in [-0.1, -0.05) is 42.5 Å². The molecule has 47 heavy (non-hydrogen) atoms. The number of rotatable bonds is 17. The molecule has 256 valence electrons. The third-order valence-electron chi connectivity index (χ3n) is 9.80. The van der Waals surface area contributed by atoms with Gasteiger partial charge in [0, 0.05) is 52.3 Å². The maximum Gasteiger partial charge on any atom is 0.313 e. The first kappa shape index (κ1) is 34.7. The molecule has 0 aliphatic carbocycles. The Morgan fingerprint density at radius 3 is 2.62 bits per heavy atom. The summed E-state index contributed by atoms with van der Waals surface area (Å²) in [6.45, 7) is 11.8. The number of carbonyl (C=O) groups is 4. The number of esters is 1. The summed E-state index contributed by atoms with van der Waals surface area (Å²) in [6, 6.07) is 8.22. The summed E-state index contributed by atoms with van der Waals surface area (Å²) in [7, 11) is 0. The van der Waals surface area contributed by atoms with Gasteiger partial charge in [0.1, 0.15) is 17.7 Å². The predicted molar refractivity (Wildman–Crippen MR) is 173 cm³/mol. The van der Waals surface area contributed by atoms with Crippen molar-refractivity contribution in [2.45, 2.75) is 56.0 Å². The molecule has 0 aromatic heterocycles. The molecule has 1 spiro atoms. The van der Waals surface area contributed by atoms with Gasteiger partial charge in [0.15, 0.2) is 0 Å². The number of hydrogen-bond donors (Lipinski definition) is 2. The fraction of sp³-hybridized carbons (Fsp3) is 0.600. The maximum absolute atomic E-state index is 14.5. The standard InChI is InChI=1S/C35H48N4O8/c1-3-5-12-28(41)36-24-27(25-10-7-6-8-11-25)46-34(44)29-26-13-14-35(47-26)30(29)32(42)39(16-9-21-40)31(35)33(43)38(15-4-2)18-17-37-19-22-45-23-20-37/h3-4,6-8,10-11,26-27,29-31,40H,1-2,5,9,12-24H2,(H,36,41)/t26-,27+,29+,30+,31-,35+/m1/s1. The molecule has 12 nitrogen and oxygen atoms in total. The van der Waals surface area contributed by atoms with Crippen LogP contribution in [0.25, 0.3) is 0 Å². The molecule has 4 saturated heterocycles. The fourth-order valence-electron chi connectivity index (χ4n) is 7.53. The van der Waals surface area contributed by atoms with Crippen molar-refractivity contribution in [2.24, 2.45) is 11.8 Å². The molecule has 2 N–H and O–H groups in total. The van der Waals surface area contributed by atoms with E-state index < -0.39 is 41.7 Å². The number of fused-ring (bicyclic) bond motifs is 1. The van der Waals surface area contributed by atoms with Crippen molar-refractivity contribution in [3.63, 3.8) is 0 Å². The first-order valence-corrected chi connectivity index (χ1v) is 16.8. The highest BCUT2D eigenvalue weighted by atomic mass is 16.6. The molecule has 1 aromatic rings. The molecule has 0 unspecified atom stereocenters. The Morgan fingerprint density at radius 1 is 1.15 bits per heavy atom. The van der Waals surface area contributed by atoms with Gasteiger partial charge in [0.25, 0.3) is 0 Å².